The van der Waals surface area contributed by atoms with Crippen LogP contribution in [-0.4, -0.2) is 23.0 Å². The Morgan fingerprint density at radius 3 is 2.52 bits per heavy atom. The lowest BCUT2D eigenvalue weighted by Crippen LogP contribution is -2.16. The lowest BCUT2D eigenvalue weighted by molar-refractivity contribution is 0.0601. The van der Waals surface area contributed by atoms with Crippen LogP contribution in [0.5, 0.6) is 0 Å². The van der Waals surface area contributed by atoms with Gasteiger partial charge in [0.25, 0.3) is 0 Å². The van der Waals surface area contributed by atoms with Gasteiger partial charge in [-0.3, -0.25) is 9.97 Å². The zero-order valence-electron chi connectivity index (χ0n) is 11.8. The highest BCUT2D eigenvalue weighted by atomic mass is 16.5. The third-order valence-electron chi connectivity index (χ3n) is 3.75. The highest BCUT2D eigenvalue weighted by Gasteiger charge is 2.32. The molecule has 1 aromatic carbocycles. The summed E-state index contributed by atoms with van der Waals surface area (Å²) < 4.78 is 4.70. The fourth-order valence-electron chi connectivity index (χ4n) is 2.38. The van der Waals surface area contributed by atoms with E-state index in [0.29, 0.717) is 11.5 Å². The summed E-state index contributed by atoms with van der Waals surface area (Å²) in [6.45, 7) is 0. The first-order valence-corrected chi connectivity index (χ1v) is 6.96. The van der Waals surface area contributed by atoms with Crippen LogP contribution in [0.3, 0.4) is 0 Å². The normalized spacial score (nSPS) is 15.5. The summed E-state index contributed by atoms with van der Waals surface area (Å²) in [5.41, 5.74) is 9.29. The Hall–Kier alpha value is -2.27. The Balaban J connectivity index is 1.94. The number of carbonyl (C=O) groups is 1. The van der Waals surface area contributed by atoms with Crippen LogP contribution in [0, 0.1) is 5.92 Å². The standard InChI is InChI=1S/C16H17N3O2/c1-21-16(20)12-6-4-11(5-7-12)14-15(19-9-8-18-14)13(17)10-2-3-10/h4-10,13H,2-3,17H2,1H3. The van der Waals surface area contributed by atoms with Crippen molar-refractivity contribution in [1.82, 2.24) is 9.97 Å². The van der Waals surface area contributed by atoms with Gasteiger partial charge in [0.15, 0.2) is 0 Å². The van der Waals surface area contributed by atoms with Crippen LogP contribution in [0.1, 0.15) is 34.9 Å². The van der Waals surface area contributed by atoms with Gasteiger partial charge in [-0.1, -0.05) is 12.1 Å². The molecule has 1 aliphatic rings. The van der Waals surface area contributed by atoms with Crippen LogP contribution in [0.25, 0.3) is 11.3 Å². The van der Waals surface area contributed by atoms with Crippen LogP contribution >= 0.6 is 0 Å². The molecule has 5 nitrogen and oxygen atoms in total. The fourth-order valence-corrected chi connectivity index (χ4v) is 2.38. The summed E-state index contributed by atoms with van der Waals surface area (Å²) in [6, 6.07) is 7.07. The molecule has 1 aromatic heterocycles. The molecule has 21 heavy (non-hydrogen) atoms. The van der Waals surface area contributed by atoms with E-state index in [1.165, 1.54) is 7.11 Å². The summed E-state index contributed by atoms with van der Waals surface area (Å²) in [7, 11) is 1.37. The topological polar surface area (TPSA) is 78.1 Å². The van der Waals surface area contributed by atoms with Gasteiger partial charge in [-0.15, -0.1) is 0 Å². The maximum absolute atomic E-state index is 11.5. The van der Waals surface area contributed by atoms with Crippen molar-refractivity contribution in [2.24, 2.45) is 11.7 Å². The molecule has 1 atom stereocenters. The molecule has 0 radical (unpaired) electrons. The first-order chi connectivity index (χ1) is 10.2. The molecule has 1 heterocycles. The zero-order chi connectivity index (χ0) is 14.8. The quantitative estimate of drug-likeness (QED) is 0.871. The van der Waals surface area contributed by atoms with Crippen LogP contribution in [0.4, 0.5) is 0 Å². The van der Waals surface area contributed by atoms with Gasteiger partial charge in [-0.25, -0.2) is 4.79 Å². The maximum Gasteiger partial charge on any atom is 0.337 e. The van der Waals surface area contributed by atoms with E-state index in [-0.39, 0.29) is 12.0 Å². The Morgan fingerprint density at radius 2 is 1.90 bits per heavy atom. The molecule has 2 aromatic rings. The van der Waals surface area contributed by atoms with E-state index < -0.39 is 0 Å². The van der Waals surface area contributed by atoms with E-state index in [9.17, 15) is 4.79 Å². The molecular weight excluding hydrogens is 266 g/mol. The van der Waals surface area contributed by atoms with E-state index in [2.05, 4.69) is 9.97 Å². The van der Waals surface area contributed by atoms with Gasteiger partial charge in [-0.2, -0.15) is 0 Å². The minimum Gasteiger partial charge on any atom is -0.465 e. The van der Waals surface area contributed by atoms with Gasteiger partial charge in [0.1, 0.15) is 0 Å². The second-order valence-corrected chi connectivity index (χ2v) is 5.22. The molecule has 0 amide bonds. The molecule has 108 valence electrons. The van der Waals surface area contributed by atoms with E-state index in [1.54, 1.807) is 24.5 Å². The minimum atomic E-state index is -0.351. The number of ether oxygens (including phenoxy) is 1. The van der Waals surface area contributed by atoms with Crippen LogP contribution in [0.2, 0.25) is 0 Å². The molecule has 1 unspecified atom stereocenters. The van der Waals surface area contributed by atoms with Gasteiger partial charge >= 0.3 is 5.97 Å². The van der Waals surface area contributed by atoms with Crippen molar-refractivity contribution >= 4 is 5.97 Å². The van der Waals surface area contributed by atoms with Crippen molar-refractivity contribution in [1.29, 1.82) is 0 Å². The Morgan fingerprint density at radius 1 is 1.24 bits per heavy atom. The molecule has 1 fully saturated rings. The third-order valence-corrected chi connectivity index (χ3v) is 3.75. The summed E-state index contributed by atoms with van der Waals surface area (Å²) in [5.74, 6) is 0.158. The molecule has 0 aliphatic heterocycles. The second-order valence-electron chi connectivity index (χ2n) is 5.22. The predicted octanol–water partition coefficient (Wildman–Crippen LogP) is 2.34. The number of nitrogens with zero attached hydrogens (tertiary/aromatic N) is 2. The number of aromatic nitrogens is 2. The number of nitrogens with two attached hydrogens (primary N) is 1. The molecule has 1 saturated carbocycles. The lowest BCUT2D eigenvalue weighted by Gasteiger charge is -2.13. The van der Waals surface area contributed by atoms with Gasteiger partial charge < -0.3 is 10.5 Å². The monoisotopic (exact) mass is 283 g/mol. The van der Waals surface area contributed by atoms with Crippen LogP contribution in [0.15, 0.2) is 36.7 Å². The highest BCUT2D eigenvalue weighted by molar-refractivity contribution is 5.89. The molecule has 0 spiro atoms. The van der Waals surface area contributed by atoms with E-state index in [1.807, 2.05) is 12.1 Å². The summed E-state index contributed by atoms with van der Waals surface area (Å²) in [4.78, 5) is 20.3. The lowest BCUT2D eigenvalue weighted by atomic mass is 10.0. The summed E-state index contributed by atoms with van der Waals surface area (Å²) >= 11 is 0. The zero-order valence-corrected chi connectivity index (χ0v) is 11.8. The predicted molar refractivity (Wildman–Crippen MR) is 78.5 cm³/mol. The SMILES string of the molecule is COC(=O)c1ccc(-c2nccnc2C(N)C2CC2)cc1. The average molecular weight is 283 g/mol. The van der Waals surface area contributed by atoms with E-state index in [4.69, 9.17) is 10.5 Å². The molecular formula is C16H17N3O2. The highest BCUT2D eigenvalue weighted by Crippen LogP contribution is 2.40. The van der Waals surface area contributed by atoms with Gasteiger partial charge in [-0.05, 0) is 30.9 Å². The van der Waals surface area contributed by atoms with Crippen molar-refractivity contribution < 1.29 is 9.53 Å². The number of rotatable bonds is 4. The van der Waals surface area contributed by atoms with Crippen LogP contribution in [-0.2, 0) is 4.74 Å². The smallest absolute Gasteiger partial charge is 0.337 e. The fraction of sp³-hybridized carbons (Fsp3) is 0.312. The number of hydrogen-bond donors (Lipinski definition) is 1. The number of esters is 1. The van der Waals surface area contributed by atoms with Crippen LogP contribution < -0.4 is 5.73 Å². The Labute approximate surface area is 123 Å². The van der Waals surface area contributed by atoms with Gasteiger partial charge in [0.05, 0.1) is 30.1 Å². The van der Waals surface area contributed by atoms with E-state index in [0.717, 1.165) is 29.8 Å². The Bertz CT molecular complexity index is 651. The summed E-state index contributed by atoms with van der Waals surface area (Å²) in [6.07, 6.45) is 5.63. The van der Waals surface area contributed by atoms with E-state index >= 15 is 0 Å². The number of carbonyl (C=O) groups excluding carboxylic acids is 1. The molecule has 0 bridgehead atoms. The molecule has 0 saturated heterocycles. The number of benzene rings is 1. The number of methoxy groups -OCH3 is 1. The van der Waals surface area contributed by atoms with Crippen molar-refractivity contribution in [3.8, 4) is 11.3 Å². The maximum atomic E-state index is 11.5. The van der Waals surface area contributed by atoms with Crippen molar-refractivity contribution in [3.63, 3.8) is 0 Å². The number of hydrogen-bond acceptors (Lipinski definition) is 5. The Kier molecular flexibility index (Phi) is 3.66. The van der Waals surface area contributed by atoms with Crippen molar-refractivity contribution in [2.75, 3.05) is 7.11 Å². The first-order valence-electron chi connectivity index (χ1n) is 6.96. The largest absolute Gasteiger partial charge is 0.465 e. The summed E-state index contributed by atoms with van der Waals surface area (Å²) in [5, 5.41) is 0. The molecule has 5 heteroatoms. The molecule has 3 rings (SSSR count). The first kappa shape index (κ1) is 13.7. The molecule has 2 N–H and O–H groups in total. The second kappa shape index (κ2) is 5.61. The van der Waals surface area contributed by atoms with Gasteiger partial charge in [0, 0.05) is 18.0 Å². The van der Waals surface area contributed by atoms with Crippen molar-refractivity contribution in [3.05, 3.63) is 47.9 Å². The average Bonchev–Trinajstić information content (AvgIpc) is 3.38. The third kappa shape index (κ3) is 2.78. The minimum absolute atomic E-state index is 0.0750. The van der Waals surface area contributed by atoms with Crippen molar-refractivity contribution in [2.45, 2.75) is 18.9 Å². The van der Waals surface area contributed by atoms with Gasteiger partial charge in [0.2, 0.25) is 0 Å². The molecule has 1 aliphatic carbocycles.